The van der Waals surface area contributed by atoms with Crippen LogP contribution in [0.3, 0.4) is 0 Å². The third-order valence-electron chi connectivity index (χ3n) is 2.17. The monoisotopic (exact) mass is 198 g/mol. The zero-order chi connectivity index (χ0) is 9.84. The summed E-state index contributed by atoms with van der Waals surface area (Å²) in [5.74, 6) is 1.09. The SMILES string of the molecule is CC(O)SC(C(C)C)C1C=CC=C1. The van der Waals surface area contributed by atoms with E-state index in [2.05, 4.69) is 38.2 Å². The summed E-state index contributed by atoms with van der Waals surface area (Å²) >= 11 is 1.66. The fraction of sp³-hybridized carbons (Fsp3) is 0.636. The van der Waals surface area contributed by atoms with Gasteiger partial charge in [0.05, 0.1) is 5.44 Å². The van der Waals surface area contributed by atoms with Gasteiger partial charge in [-0.1, -0.05) is 38.2 Å². The maximum atomic E-state index is 9.35. The summed E-state index contributed by atoms with van der Waals surface area (Å²) in [5.41, 5.74) is -0.269. The molecular formula is C11H18OS. The van der Waals surface area contributed by atoms with Crippen molar-refractivity contribution in [1.82, 2.24) is 0 Å². The van der Waals surface area contributed by atoms with Gasteiger partial charge < -0.3 is 5.11 Å². The Balaban J connectivity index is 2.56. The molecule has 0 heterocycles. The highest BCUT2D eigenvalue weighted by Gasteiger charge is 2.23. The van der Waals surface area contributed by atoms with Crippen LogP contribution in [-0.4, -0.2) is 15.8 Å². The van der Waals surface area contributed by atoms with Crippen molar-refractivity contribution >= 4 is 11.8 Å². The van der Waals surface area contributed by atoms with Gasteiger partial charge in [-0.15, -0.1) is 11.8 Å². The first-order valence-corrected chi connectivity index (χ1v) is 5.74. The average molecular weight is 198 g/mol. The van der Waals surface area contributed by atoms with Crippen LogP contribution in [-0.2, 0) is 0 Å². The molecule has 1 nitrogen and oxygen atoms in total. The predicted octanol–water partition coefficient (Wildman–Crippen LogP) is 2.82. The van der Waals surface area contributed by atoms with Crippen LogP contribution in [0.5, 0.6) is 0 Å². The van der Waals surface area contributed by atoms with E-state index in [0.29, 0.717) is 17.1 Å². The van der Waals surface area contributed by atoms with Crippen molar-refractivity contribution in [2.75, 3.05) is 0 Å². The second kappa shape index (κ2) is 4.87. The smallest absolute Gasteiger partial charge is 0.0967 e. The van der Waals surface area contributed by atoms with Gasteiger partial charge in [-0.3, -0.25) is 0 Å². The van der Waals surface area contributed by atoms with Gasteiger partial charge in [-0.2, -0.15) is 0 Å². The molecule has 1 aliphatic carbocycles. The highest BCUT2D eigenvalue weighted by atomic mass is 32.2. The molecule has 0 fully saturated rings. The fourth-order valence-corrected chi connectivity index (χ4v) is 2.72. The minimum absolute atomic E-state index is 0.269. The largest absolute Gasteiger partial charge is 0.383 e. The molecule has 1 rings (SSSR count). The lowest BCUT2D eigenvalue weighted by Crippen LogP contribution is -2.21. The molecule has 74 valence electrons. The van der Waals surface area contributed by atoms with Gasteiger partial charge in [0.15, 0.2) is 0 Å². The topological polar surface area (TPSA) is 20.2 Å². The molecule has 0 aromatic carbocycles. The first kappa shape index (κ1) is 10.9. The summed E-state index contributed by atoms with van der Waals surface area (Å²) in [6.45, 7) is 6.25. The van der Waals surface area contributed by atoms with E-state index >= 15 is 0 Å². The van der Waals surface area contributed by atoms with E-state index in [0.717, 1.165) is 0 Å². The number of rotatable bonds is 4. The zero-order valence-electron chi connectivity index (χ0n) is 8.47. The van der Waals surface area contributed by atoms with Gasteiger partial charge in [0.1, 0.15) is 0 Å². The van der Waals surface area contributed by atoms with E-state index in [9.17, 15) is 5.11 Å². The number of hydrogen-bond acceptors (Lipinski definition) is 2. The minimum atomic E-state index is -0.269. The molecule has 2 heteroatoms. The summed E-state index contributed by atoms with van der Waals surface area (Å²) in [6, 6.07) is 0. The molecule has 0 bridgehead atoms. The minimum Gasteiger partial charge on any atom is -0.383 e. The fourth-order valence-electron chi connectivity index (χ4n) is 1.59. The van der Waals surface area contributed by atoms with Crippen LogP contribution in [0.4, 0.5) is 0 Å². The van der Waals surface area contributed by atoms with E-state index in [1.165, 1.54) is 0 Å². The third kappa shape index (κ3) is 3.20. The highest BCUT2D eigenvalue weighted by molar-refractivity contribution is 8.00. The third-order valence-corrected chi connectivity index (χ3v) is 3.74. The Hall–Kier alpha value is -0.210. The summed E-state index contributed by atoms with van der Waals surface area (Å²) in [5, 5.41) is 9.84. The summed E-state index contributed by atoms with van der Waals surface area (Å²) in [4.78, 5) is 0. The predicted molar refractivity (Wildman–Crippen MR) is 59.7 cm³/mol. The van der Waals surface area contributed by atoms with Crippen molar-refractivity contribution in [1.29, 1.82) is 0 Å². The van der Waals surface area contributed by atoms with Crippen LogP contribution < -0.4 is 0 Å². The lowest BCUT2D eigenvalue weighted by Gasteiger charge is -2.25. The maximum Gasteiger partial charge on any atom is 0.0967 e. The second-order valence-corrected chi connectivity index (χ2v) is 5.29. The number of aliphatic hydroxyl groups excluding tert-OH is 1. The van der Waals surface area contributed by atoms with E-state index in [1.807, 2.05) is 6.92 Å². The summed E-state index contributed by atoms with van der Waals surface area (Å²) < 4.78 is 0. The Morgan fingerprint density at radius 1 is 1.15 bits per heavy atom. The van der Waals surface area contributed by atoms with Crippen molar-refractivity contribution in [2.24, 2.45) is 11.8 Å². The van der Waals surface area contributed by atoms with Crippen molar-refractivity contribution in [3.8, 4) is 0 Å². The van der Waals surface area contributed by atoms with Gasteiger partial charge >= 0.3 is 0 Å². The molecule has 2 atom stereocenters. The van der Waals surface area contributed by atoms with Crippen LogP contribution in [0.1, 0.15) is 20.8 Å². The molecule has 1 aliphatic rings. The first-order valence-electron chi connectivity index (χ1n) is 4.79. The second-order valence-electron chi connectivity index (χ2n) is 3.79. The maximum absolute atomic E-state index is 9.35. The van der Waals surface area contributed by atoms with Gasteiger partial charge in [-0.25, -0.2) is 0 Å². The summed E-state index contributed by atoms with van der Waals surface area (Å²) in [7, 11) is 0. The van der Waals surface area contributed by atoms with Gasteiger partial charge in [0, 0.05) is 11.2 Å². The van der Waals surface area contributed by atoms with Crippen LogP contribution in [0.25, 0.3) is 0 Å². The molecule has 2 unspecified atom stereocenters. The molecule has 0 spiro atoms. The lowest BCUT2D eigenvalue weighted by molar-refractivity contribution is 0.281. The van der Waals surface area contributed by atoms with Gasteiger partial charge in [-0.05, 0) is 12.8 Å². The summed E-state index contributed by atoms with van der Waals surface area (Å²) in [6.07, 6.45) is 8.59. The Kier molecular flexibility index (Phi) is 4.07. The number of thioether (sulfide) groups is 1. The van der Waals surface area contributed by atoms with Crippen molar-refractivity contribution in [3.05, 3.63) is 24.3 Å². The van der Waals surface area contributed by atoms with Crippen LogP contribution in [0.2, 0.25) is 0 Å². The molecule has 13 heavy (non-hydrogen) atoms. The molecule has 0 saturated heterocycles. The molecule has 0 aromatic rings. The van der Waals surface area contributed by atoms with Crippen LogP contribution in [0.15, 0.2) is 24.3 Å². The molecular weight excluding hydrogens is 180 g/mol. The quantitative estimate of drug-likeness (QED) is 0.701. The Bertz CT molecular complexity index is 194. The Morgan fingerprint density at radius 3 is 2.08 bits per heavy atom. The molecule has 0 amide bonds. The Morgan fingerprint density at radius 2 is 1.69 bits per heavy atom. The molecule has 0 aromatic heterocycles. The standard InChI is InChI=1S/C11H18OS/c1-8(2)11(13-9(3)12)10-6-4-5-7-10/h4-12H,1-3H3. The first-order chi connectivity index (χ1) is 6.11. The Labute approximate surface area is 84.9 Å². The molecule has 1 N–H and O–H groups in total. The molecule has 0 aliphatic heterocycles. The zero-order valence-corrected chi connectivity index (χ0v) is 9.29. The number of allylic oxidation sites excluding steroid dienone is 4. The van der Waals surface area contributed by atoms with Gasteiger partial charge in [0.25, 0.3) is 0 Å². The van der Waals surface area contributed by atoms with Crippen LogP contribution >= 0.6 is 11.8 Å². The van der Waals surface area contributed by atoms with Crippen molar-refractivity contribution < 1.29 is 5.11 Å². The highest BCUT2D eigenvalue weighted by Crippen LogP contribution is 2.32. The van der Waals surface area contributed by atoms with Crippen LogP contribution in [0, 0.1) is 11.8 Å². The molecule has 0 saturated carbocycles. The molecule has 0 radical (unpaired) electrons. The van der Waals surface area contributed by atoms with E-state index < -0.39 is 0 Å². The van der Waals surface area contributed by atoms with Gasteiger partial charge in [0.2, 0.25) is 0 Å². The van der Waals surface area contributed by atoms with Crippen molar-refractivity contribution in [2.45, 2.75) is 31.5 Å². The average Bonchev–Trinajstić information content (AvgIpc) is 2.50. The number of aliphatic hydroxyl groups is 1. The van der Waals surface area contributed by atoms with Crippen molar-refractivity contribution in [3.63, 3.8) is 0 Å². The van der Waals surface area contributed by atoms with E-state index in [4.69, 9.17) is 0 Å². The van der Waals surface area contributed by atoms with E-state index in [1.54, 1.807) is 11.8 Å². The van der Waals surface area contributed by atoms with E-state index in [-0.39, 0.29) is 5.44 Å². The lowest BCUT2D eigenvalue weighted by atomic mass is 9.98. The normalized spacial score (nSPS) is 21.3. The number of hydrogen-bond donors (Lipinski definition) is 1.